The summed E-state index contributed by atoms with van der Waals surface area (Å²) in [5.74, 6) is -0.298. The van der Waals surface area contributed by atoms with Crippen LogP contribution in [0.2, 0.25) is 5.02 Å². The maximum atomic E-state index is 12.1. The lowest BCUT2D eigenvalue weighted by Gasteiger charge is -2.10. The number of phenolic OH excluding ortho intramolecular Hbond substituents is 1. The highest BCUT2D eigenvalue weighted by molar-refractivity contribution is 7.92. The van der Waals surface area contributed by atoms with Crippen molar-refractivity contribution in [1.29, 1.82) is 0 Å². The molecule has 2 aromatic carbocycles. The van der Waals surface area contributed by atoms with Crippen LogP contribution in [0.3, 0.4) is 0 Å². The van der Waals surface area contributed by atoms with Gasteiger partial charge in [0.2, 0.25) is 0 Å². The van der Waals surface area contributed by atoms with Gasteiger partial charge in [-0.15, -0.1) is 0 Å². The molecule has 100 valence electrons. The van der Waals surface area contributed by atoms with E-state index >= 15 is 0 Å². The standard InChI is InChI=1S/C13H12ClNO3S/c1-9-6-7-10(8-11(9)14)15-19(17,18)13-5-3-2-4-12(13)16/h2-8,15-16H,1H3. The SMILES string of the molecule is Cc1ccc(NS(=O)(=O)c2ccccc2O)cc1Cl. The summed E-state index contributed by atoms with van der Waals surface area (Å²) >= 11 is 5.94. The second-order valence-corrected chi connectivity index (χ2v) is 6.10. The Morgan fingerprint density at radius 3 is 2.47 bits per heavy atom. The van der Waals surface area contributed by atoms with Crippen LogP contribution in [0.25, 0.3) is 0 Å². The summed E-state index contributed by atoms with van der Waals surface area (Å²) in [6.07, 6.45) is 0. The largest absolute Gasteiger partial charge is 0.507 e. The minimum Gasteiger partial charge on any atom is -0.507 e. The number of hydrogen-bond acceptors (Lipinski definition) is 3. The molecule has 2 N–H and O–H groups in total. The molecule has 0 unspecified atom stereocenters. The Labute approximate surface area is 116 Å². The van der Waals surface area contributed by atoms with Crippen LogP contribution in [0.15, 0.2) is 47.4 Å². The zero-order valence-corrected chi connectivity index (χ0v) is 11.7. The molecule has 19 heavy (non-hydrogen) atoms. The molecule has 0 fully saturated rings. The van der Waals surface area contributed by atoms with Crippen LogP contribution in [0.4, 0.5) is 5.69 Å². The molecule has 0 aliphatic carbocycles. The predicted octanol–water partition coefficient (Wildman–Crippen LogP) is 3.15. The Hall–Kier alpha value is -1.72. The van der Waals surface area contributed by atoms with Gasteiger partial charge in [-0.3, -0.25) is 4.72 Å². The maximum Gasteiger partial charge on any atom is 0.265 e. The van der Waals surface area contributed by atoms with Crippen molar-refractivity contribution in [2.45, 2.75) is 11.8 Å². The first-order valence-corrected chi connectivity index (χ1v) is 7.33. The van der Waals surface area contributed by atoms with Crippen molar-refractivity contribution < 1.29 is 13.5 Å². The number of hydrogen-bond donors (Lipinski definition) is 2. The van der Waals surface area contributed by atoms with Gasteiger partial charge in [-0.2, -0.15) is 0 Å². The van der Waals surface area contributed by atoms with Gasteiger partial charge in [-0.05, 0) is 36.8 Å². The molecule has 0 aliphatic rings. The summed E-state index contributed by atoms with van der Waals surface area (Å²) in [7, 11) is -3.83. The van der Waals surface area contributed by atoms with Crippen molar-refractivity contribution in [3.05, 3.63) is 53.1 Å². The minimum absolute atomic E-state index is 0.174. The Bertz CT molecular complexity index is 714. The van der Waals surface area contributed by atoms with Crippen LogP contribution in [-0.4, -0.2) is 13.5 Å². The maximum absolute atomic E-state index is 12.1. The second-order valence-electron chi connectivity index (χ2n) is 4.04. The summed E-state index contributed by atoms with van der Waals surface area (Å²) in [6, 6.07) is 10.6. The highest BCUT2D eigenvalue weighted by Gasteiger charge is 2.18. The molecule has 0 saturated carbocycles. The van der Waals surface area contributed by atoms with Gasteiger partial charge in [0.1, 0.15) is 10.6 Å². The third kappa shape index (κ3) is 3.00. The molecular weight excluding hydrogens is 286 g/mol. The number of sulfonamides is 1. The molecule has 0 aliphatic heterocycles. The number of para-hydroxylation sites is 1. The van der Waals surface area contributed by atoms with E-state index in [0.29, 0.717) is 10.7 Å². The van der Waals surface area contributed by atoms with Crippen LogP contribution < -0.4 is 4.72 Å². The number of rotatable bonds is 3. The first-order chi connectivity index (χ1) is 8.90. The molecule has 2 aromatic rings. The molecule has 0 aromatic heterocycles. The minimum atomic E-state index is -3.83. The monoisotopic (exact) mass is 297 g/mol. The van der Waals surface area contributed by atoms with Crippen molar-refractivity contribution in [3.63, 3.8) is 0 Å². The molecule has 4 nitrogen and oxygen atoms in total. The molecule has 0 amide bonds. The van der Waals surface area contributed by atoms with E-state index in [-0.39, 0.29) is 10.6 Å². The van der Waals surface area contributed by atoms with Crippen molar-refractivity contribution in [2.75, 3.05) is 4.72 Å². The second kappa shape index (κ2) is 5.11. The number of halogens is 1. The van der Waals surface area contributed by atoms with E-state index in [1.807, 2.05) is 6.92 Å². The smallest absolute Gasteiger partial charge is 0.265 e. The summed E-state index contributed by atoms with van der Waals surface area (Å²) in [4.78, 5) is -0.174. The van der Waals surface area contributed by atoms with Crippen LogP contribution in [0, 0.1) is 6.92 Å². The highest BCUT2D eigenvalue weighted by Crippen LogP contribution is 2.26. The van der Waals surface area contributed by atoms with Crippen LogP contribution in [-0.2, 0) is 10.0 Å². The van der Waals surface area contributed by atoms with E-state index in [9.17, 15) is 13.5 Å². The fourth-order valence-corrected chi connectivity index (χ4v) is 2.88. The van der Waals surface area contributed by atoms with Crippen molar-refractivity contribution in [2.24, 2.45) is 0 Å². The molecule has 0 bridgehead atoms. The van der Waals surface area contributed by atoms with Crippen molar-refractivity contribution in [1.82, 2.24) is 0 Å². The Morgan fingerprint density at radius 1 is 1.16 bits per heavy atom. The predicted molar refractivity (Wildman–Crippen MR) is 75.1 cm³/mol. The van der Waals surface area contributed by atoms with E-state index in [4.69, 9.17) is 11.6 Å². The average Bonchev–Trinajstić information content (AvgIpc) is 2.34. The van der Waals surface area contributed by atoms with Crippen LogP contribution >= 0.6 is 11.6 Å². The zero-order valence-electron chi connectivity index (χ0n) is 10.1. The van der Waals surface area contributed by atoms with Gasteiger partial charge in [0, 0.05) is 5.02 Å². The first kappa shape index (κ1) is 13.7. The lowest BCUT2D eigenvalue weighted by Crippen LogP contribution is -2.13. The van der Waals surface area contributed by atoms with E-state index in [2.05, 4.69) is 4.72 Å². The molecule has 0 spiro atoms. The van der Waals surface area contributed by atoms with Crippen LogP contribution in [0.1, 0.15) is 5.56 Å². The molecule has 6 heteroatoms. The molecule has 0 radical (unpaired) electrons. The Kier molecular flexibility index (Phi) is 3.68. The third-order valence-electron chi connectivity index (χ3n) is 2.58. The van der Waals surface area contributed by atoms with Crippen molar-refractivity contribution >= 4 is 27.3 Å². The fraction of sp³-hybridized carbons (Fsp3) is 0.0769. The molecule has 0 atom stereocenters. The topological polar surface area (TPSA) is 66.4 Å². The summed E-state index contributed by atoms with van der Waals surface area (Å²) in [5, 5.41) is 10.0. The van der Waals surface area contributed by atoms with E-state index < -0.39 is 10.0 Å². The number of aromatic hydroxyl groups is 1. The van der Waals surface area contributed by atoms with Gasteiger partial charge in [-0.1, -0.05) is 29.8 Å². The van der Waals surface area contributed by atoms with E-state index in [1.165, 1.54) is 24.3 Å². The quantitative estimate of drug-likeness (QED) is 0.914. The average molecular weight is 298 g/mol. The van der Waals surface area contributed by atoms with E-state index in [1.54, 1.807) is 18.2 Å². The Balaban J connectivity index is 2.37. The molecular formula is C13H12ClNO3S. The van der Waals surface area contributed by atoms with Gasteiger partial charge >= 0.3 is 0 Å². The lowest BCUT2D eigenvalue weighted by atomic mass is 10.2. The number of anilines is 1. The number of nitrogens with one attached hydrogen (secondary N) is 1. The van der Waals surface area contributed by atoms with Crippen LogP contribution in [0.5, 0.6) is 5.75 Å². The number of phenols is 1. The van der Waals surface area contributed by atoms with Gasteiger partial charge < -0.3 is 5.11 Å². The number of benzene rings is 2. The summed E-state index contributed by atoms with van der Waals surface area (Å²) in [6.45, 7) is 1.82. The molecule has 0 saturated heterocycles. The molecule has 2 rings (SSSR count). The third-order valence-corrected chi connectivity index (χ3v) is 4.41. The zero-order chi connectivity index (χ0) is 14.0. The first-order valence-electron chi connectivity index (χ1n) is 5.47. The van der Waals surface area contributed by atoms with Crippen molar-refractivity contribution in [3.8, 4) is 5.75 Å². The van der Waals surface area contributed by atoms with E-state index in [0.717, 1.165) is 5.56 Å². The fourth-order valence-electron chi connectivity index (χ4n) is 1.55. The Morgan fingerprint density at radius 2 is 1.84 bits per heavy atom. The normalized spacial score (nSPS) is 11.3. The van der Waals surface area contributed by atoms with Gasteiger partial charge in [0.25, 0.3) is 10.0 Å². The molecule has 0 heterocycles. The highest BCUT2D eigenvalue weighted by atomic mass is 35.5. The summed E-state index contributed by atoms with van der Waals surface area (Å²) < 4.78 is 26.6. The lowest BCUT2D eigenvalue weighted by molar-refractivity contribution is 0.459. The van der Waals surface area contributed by atoms with Gasteiger partial charge in [-0.25, -0.2) is 8.42 Å². The summed E-state index contributed by atoms with van der Waals surface area (Å²) in [5.41, 5.74) is 1.20. The van der Waals surface area contributed by atoms with Gasteiger partial charge in [0.15, 0.2) is 0 Å². The van der Waals surface area contributed by atoms with Gasteiger partial charge in [0.05, 0.1) is 5.69 Å². The number of aryl methyl sites for hydroxylation is 1.